The Morgan fingerprint density at radius 1 is 1.05 bits per heavy atom. The zero-order chi connectivity index (χ0) is 14.8. The van der Waals surface area contributed by atoms with Gasteiger partial charge in [-0.25, -0.2) is 0 Å². The van der Waals surface area contributed by atoms with E-state index < -0.39 is 11.7 Å². The van der Waals surface area contributed by atoms with Gasteiger partial charge in [0.2, 0.25) is 0 Å². The molecule has 0 heterocycles. The molecule has 0 spiro atoms. The van der Waals surface area contributed by atoms with E-state index in [0.29, 0.717) is 4.90 Å². The molecule has 104 valence electrons. The van der Waals surface area contributed by atoms with Gasteiger partial charge in [-0.15, -0.1) is 0 Å². The second kappa shape index (κ2) is 6.01. The fourth-order valence-corrected chi connectivity index (χ4v) is 3.08. The van der Waals surface area contributed by atoms with Gasteiger partial charge in [0.1, 0.15) is 0 Å². The number of benzene rings is 2. The Hall–Kier alpha value is -1.27. The Labute approximate surface area is 126 Å². The number of alkyl halides is 3. The highest BCUT2D eigenvalue weighted by atomic mass is 79.9. The molecule has 2 aromatic carbocycles. The van der Waals surface area contributed by atoms with Gasteiger partial charge in [0.05, 0.1) is 5.56 Å². The van der Waals surface area contributed by atoms with E-state index in [-0.39, 0.29) is 11.8 Å². The number of rotatable bonds is 3. The summed E-state index contributed by atoms with van der Waals surface area (Å²) in [6.45, 7) is 0. The molecule has 0 unspecified atom stereocenters. The van der Waals surface area contributed by atoms with Crippen molar-refractivity contribution in [1.82, 2.24) is 0 Å². The molecule has 1 nitrogen and oxygen atoms in total. The zero-order valence-electron chi connectivity index (χ0n) is 9.95. The minimum absolute atomic E-state index is 0.219. The van der Waals surface area contributed by atoms with Gasteiger partial charge in [-0.3, -0.25) is 4.79 Å². The van der Waals surface area contributed by atoms with Gasteiger partial charge in [-0.05, 0) is 36.4 Å². The minimum Gasteiger partial charge on any atom is -0.298 e. The van der Waals surface area contributed by atoms with E-state index in [2.05, 4.69) is 15.9 Å². The smallest absolute Gasteiger partial charge is 0.298 e. The van der Waals surface area contributed by atoms with Crippen LogP contribution in [0.1, 0.15) is 15.9 Å². The minimum atomic E-state index is -4.54. The molecule has 6 heteroatoms. The molecule has 0 amide bonds. The van der Waals surface area contributed by atoms with Crippen LogP contribution in [-0.4, -0.2) is 6.29 Å². The van der Waals surface area contributed by atoms with Crippen LogP contribution < -0.4 is 0 Å². The van der Waals surface area contributed by atoms with Gasteiger partial charge in [0.15, 0.2) is 6.29 Å². The molecular weight excluding hydrogens is 353 g/mol. The highest BCUT2D eigenvalue weighted by Gasteiger charge is 2.33. The van der Waals surface area contributed by atoms with Crippen LogP contribution in [0.25, 0.3) is 0 Å². The molecule has 2 aromatic rings. The van der Waals surface area contributed by atoms with Crippen LogP contribution in [0.5, 0.6) is 0 Å². The van der Waals surface area contributed by atoms with Crippen molar-refractivity contribution >= 4 is 34.0 Å². The Morgan fingerprint density at radius 2 is 1.75 bits per heavy atom. The lowest BCUT2D eigenvalue weighted by Gasteiger charge is -2.11. The maximum absolute atomic E-state index is 12.8. The summed E-state index contributed by atoms with van der Waals surface area (Å²) >= 11 is 4.51. The summed E-state index contributed by atoms with van der Waals surface area (Å²) in [7, 11) is 0. The summed E-state index contributed by atoms with van der Waals surface area (Å²) in [5.74, 6) is 0. The summed E-state index contributed by atoms with van der Waals surface area (Å²) < 4.78 is 39.4. The average Bonchev–Trinajstić information content (AvgIpc) is 2.37. The first-order valence-corrected chi connectivity index (χ1v) is 7.11. The molecule has 0 fully saturated rings. The lowest BCUT2D eigenvalue weighted by atomic mass is 10.1. The third kappa shape index (κ3) is 3.64. The molecule has 0 aliphatic carbocycles. The number of hydrogen-bond donors (Lipinski definition) is 0. The van der Waals surface area contributed by atoms with E-state index in [1.807, 2.05) is 12.1 Å². The van der Waals surface area contributed by atoms with Crippen LogP contribution in [0.15, 0.2) is 56.7 Å². The van der Waals surface area contributed by atoms with E-state index in [4.69, 9.17) is 0 Å². The lowest BCUT2D eigenvalue weighted by molar-refractivity contribution is -0.138. The molecule has 2 rings (SSSR count). The van der Waals surface area contributed by atoms with E-state index in [1.165, 1.54) is 23.9 Å². The number of halogens is 4. The molecule has 0 aliphatic rings. The summed E-state index contributed by atoms with van der Waals surface area (Å²) in [6.07, 6.45) is -4.32. The van der Waals surface area contributed by atoms with Gasteiger partial charge in [0, 0.05) is 19.8 Å². The monoisotopic (exact) mass is 360 g/mol. The van der Waals surface area contributed by atoms with Crippen molar-refractivity contribution in [3.63, 3.8) is 0 Å². The normalized spacial score (nSPS) is 11.4. The van der Waals surface area contributed by atoms with Crippen molar-refractivity contribution in [3.8, 4) is 0 Å². The second-order valence-electron chi connectivity index (χ2n) is 3.92. The van der Waals surface area contributed by atoms with Crippen LogP contribution in [0.2, 0.25) is 0 Å². The van der Waals surface area contributed by atoms with Crippen molar-refractivity contribution in [2.24, 2.45) is 0 Å². The van der Waals surface area contributed by atoms with E-state index in [0.717, 1.165) is 15.4 Å². The molecule has 0 aliphatic heterocycles. The summed E-state index contributed by atoms with van der Waals surface area (Å²) in [5.41, 5.74) is -1.26. The van der Waals surface area contributed by atoms with Gasteiger partial charge >= 0.3 is 6.18 Å². The van der Waals surface area contributed by atoms with Gasteiger partial charge in [-0.2, -0.15) is 13.2 Å². The fraction of sp³-hybridized carbons (Fsp3) is 0.0714. The maximum Gasteiger partial charge on any atom is 0.417 e. The highest BCUT2D eigenvalue weighted by molar-refractivity contribution is 9.10. The number of aldehydes is 1. The van der Waals surface area contributed by atoms with E-state index >= 15 is 0 Å². The zero-order valence-corrected chi connectivity index (χ0v) is 12.3. The molecule has 0 atom stereocenters. The predicted molar refractivity (Wildman–Crippen MR) is 75.1 cm³/mol. The number of hydrogen-bond acceptors (Lipinski definition) is 2. The Bertz CT molecular complexity index is 641. The molecule has 0 saturated carbocycles. The third-order valence-electron chi connectivity index (χ3n) is 2.49. The molecule has 0 N–H and O–H groups in total. The average molecular weight is 361 g/mol. The van der Waals surface area contributed by atoms with Crippen molar-refractivity contribution in [2.75, 3.05) is 0 Å². The van der Waals surface area contributed by atoms with Crippen LogP contribution in [0.4, 0.5) is 13.2 Å². The first-order chi connectivity index (χ1) is 9.40. The van der Waals surface area contributed by atoms with Crippen LogP contribution in [0.3, 0.4) is 0 Å². The van der Waals surface area contributed by atoms with E-state index in [9.17, 15) is 18.0 Å². The van der Waals surface area contributed by atoms with E-state index in [1.54, 1.807) is 12.1 Å². The molecule has 0 aromatic heterocycles. The molecule has 0 radical (unpaired) electrons. The summed E-state index contributed by atoms with van der Waals surface area (Å²) in [6, 6.07) is 10.9. The fourth-order valence-electron chi connectivity index (χ4n) is 1.61. The first kappa shape index (κ1) is 15.1. The van der Waals surface area contributed by atoms with Crippen LogP contribution in [0, 0.1) is 0 Å². The first-order valence-electron chi connectivity index (χ1n) is 5.50. The Kier molecular flexibility index (Phi) is 4.55. The van der Waals surface area contributed by atoms with Crippen LogP contribution >= 0.6 is 27.7 Å². The Morgan fingerprint density at radius 3 is 2.35 bits per heavy atom. The van der Waals surface area contributed by atoms with Crippen molar-refractivity contribution in [1.29, 1.82) is 0 Å². The molecular formula is C14H8BrF3OS. The summed E-state index contributed by atoms with van der Waals surface area (Å²) in [4.78, 5) is 11.9. The standard InChI is InChI=1S/C14H8BrF3OS/c15-10-2-1-3-11(6-10)20-12-5-4-9(8-19)13(7-12)14(16,17)18/h1-8H. The van der Waals surface area contributed by atoms with Gasteiger partial charge in [0.25, 0.3) is 0 Å². The van der Waals surface area contributed by atoms with Crippen molar-refractivity contribution in [2.45, 2.75) is 16.0 Å². The largest absolute Gasteiger partial charge is 0.417 e. The van der Waals surface area contributed by atoms with Gasteiger partial charge < -0.3 is 0 Å². The summed E-state index contributed by atoms with van der Waals surface area (Å²) in [5, 5.41) is 0. The highest BCUT2D eigenvalue weighted by Crippen LogP contribution is 2.36. The Balaban J connectivity index is 2.37. The third-order valence-corrected chi connectivity index (χ3v) is 3.96. The SMILES string of the molecule is O=Cc1ccc(Sc2cccc(Br)c2)cc1C(F)(F)F. The second-order valence-corrected chi connectivity index (χ2v) is 5.99. The maximum atomic E-state index is 12.8. The number of carbonyl (C=O) groups excluding carboxylic acids is 1. The van der Waals surface area contributed by atoms with Crippen molar-refractivity contribution < 1.29 is 18.0 Å². The molecule has 0 saturated heterocycles. The van der Waals surface area contributed by atoms with Crippen LogP contribution in [-0.2, 0) is 6.18 Å². The van der Waals surface area contributed by atoms with Gasteiger partial charge in [-0.1, -0.05) is 33.8 Å². The topological polar surface area (TPSA) is 17.1 Å². The predicted octanol–water partition coefficient (Wildman–Crippen LogP) is 5.43. The lowest BCUT2D eigenvalue weighted by Crippen LogP contribution is -2.08. The quantitative estimate of drug-likeness (QED) is 0.678. The molecule has 20 heavy (non-hydrogen) atoms. The molecule has 0 bridgehead atoms. The van der Waals surface area contributed by atoms with Crippen molar-refractivity contribution in [3.05, 3.63) is 58.1 Å². The number of carbonyl (C=O) groups is 1.